The summed E-state index contributed by atoms with van der Waals surface area (Å²) in [5.74, 6) is 0.449. The van der Waals surface area contributed by atoms with Crippen LogP contribution in [0, 0.1) is 0 Å². The standard InChI is InChI=1S/C14H14O3/c1-2-12(10-6-4-3-5-7-10)13-8-11(15)9-14(16)17-13/h3-9,12,15H,2H2,1H3. The van der Waals surface area contributed by atoms with Gasteiger partial charge in [-0.15, -0.1) is 0 Å². The highest BCUT2D eigenvalue weighted by molar-refractivity contribution is 5.30. The Morgan fingerprint density at radius 1 is 1.24 bits per heavy atom. The van der Waals surface area contributed by atoms with Gasteiger partial charge in [-0.3, -0.25) is 0 Å². The van der Waals surface area contributed by atoms with Crippen molar-refractivity contribution in [2.24, 2.45) is 0 Å². The monoisotopic (exact) mass is 230 g/mol. The van der Waals surface area contributed by atoms with Gasteiger partial charge >= 0.3 is 5.63 Å². The number of hydrogen-bond donors (Lipinski definition) is 1. The average Bonchev–Trinajstić information content (AvgIpc) is 2.30. The maximum Gasteiger partial charge on any atom is 0.339 e. The van der Waals surface area contributed by atoms with Gasteiger partial charge in [-0.1, -0.05) is 37.3 Å². The van der Waals surface area contributed by atoms with E-state index in [2.05, 4.69) is 0 Å². The molecule has 0 radical (unpaired) electrons. The fourth-order valence-electron chi connectivity index (χ4n) is 1.94. The molecule has 0 spiro atoms. The van der Waals surface area contributed by atoms with Crippen LogP contribution in [0.1, 0.15) is 30.6 Å². The molecule has 1 aromatic carbocycles. The first-order valence-corrected chi connectivity index (χ1v) is 5.59. The van der Waals surface area contributed by atoms with Crippen molar-refractivity contribution in [2.75, 3.05) is 0 Å². The molecule has 0 fully saturated rings. The second-order valence-corrected chi connectivity index (χ2v) is 3.91. The molecular formula is C14H14O3. The Bertz CT molecular complexity index is 543. The van der Waals surface area contributed by atoms with E-state index in [1.807, 2.05) is 37.3 Å². The predicted molar refractivity (Wildman–Crippen MR) is 65.2 cm³/mol. The van der Waals surface area contributed by atoms with Gasteiger partial charge < -0.3 is 9.52 Å². The van der Waals surface area contributed by atoms with E-state index in [1.165, 1.54) is 6.07 Å². The lowest BCUT2D eigenvalue weighted by Gasteiger charge is -2.13. The Morgan fingerprint density at radius 3 is 2.53 bits per heavy atom. The summed E-state index contributed by atoms with van der Waals surface area (Å²) < 4.78 is 5.15. The minimum absolute atomic E-state index is 0.00370. The molecule has 1 N–H and O–H groups in total. The Morgan fingerprint density at radius 2 is 1.94 bits per heavy atom. The molecule has 0 saturated carbocycles. The summed E-state index contributed by atoms with van der Waals surface area (Å²) in [5, 5.41) is 9.43. The highest BCUT2D eigenvalue weighted by atomic mass is 16.4. The zero-order valence-electron chi connectivity index (χ0n) is 9.59. The van der Waals surface area contributed by atoms with Crippen molar-refractivity contribution in [1.29, 1.82) is 0 Å². The Balaban J connectivity index is 2.46. The van der Waals surface area contributed by atoms with Crippen LogP contribution in [0.15, 0.2) is 51.7 Å². The van der Waals surface area contributed by atoms with Crippen LogP contribution in [0.3, 0.4) is 0 Å². The minimum Gasteiger partial charge on any atom is -0.508 e. The normalized spacial score (nSPS) is 12.3. The number of benzene rings is 1. The first-order valence-electron chi connectivity index (χ1n) is 5.59. The van der Waals surface area contributed by atoms with E-state index in [1.54, 1.807) is 0 Å². The molecule has 3 nitrogen and oxygen atoms in total. The van der Waals surface area contributed by atoms with Crippen LogP contribution in [0.4, 0.5) is 0 Å². The van der Waals surface area contributed by atoms with E-state index in [4.69, 9.17) is 4.42 Å². The molecule has 1 atom stereocenters. The van der Waals surface area contributed by atoms with Crippen LogP contribution in [0.2, 0.25) is 0 Å². The maximum atomic E-state index is 11.2. The lowest BCUT2D eigenvalue weighted by Crippen LogP contribution is -2.05. The average molecular weight is 230 g/mol. The van der Waals surface area contributed by atoms with Crippen LogP contribution in [-0.2, 0) is 0 Å². The fourth-order valence-corrected chi connectivity index (χ4v) is 1.94. The van der Waals surface area contributed by atoms with Crippen molar-refractivity contribution in [3.8, 4) is 5.75 Å². The van der Waals surface area contributed by atoms with Crippen molar-refractivity contribution >= 4 is 0 Å². The van der Waals surface area contributed by atoms with E-state index in [0.717, 1.165) is 18.1 Å². The summed E-state index contributed by atoms with van der Waals surface area (Å²) in [5.41, 5.74) is 0.554. The van der Waals surface area contributed by atoms with Crippen molar-refractivity contribution in [3.63, 3.8) is 0 Å². The SMILES string of the molecule is CCC(c1ccccc1)c1cc(O)cc(=O)o1. The number of aromatic hydroxyl groups is 1. The largest absolute Gasteiger partial charge is 0.508 e. The molecule has 88 valence electrons. The molecule has 1 heterocycles. The van der Waals surface area contributed by atoms with Gasteiger partial charge in [-0.2, -0.15) is 0 Å². The van der Waals surface area contributed by atoms with Crippen molar-refractivity contribution < 1.29 is 9.52 Å². The molecule has 1 unspecified atom stereocenters. The second kappa shape index (κ2) is 4.87. The van der Waals surface area contributed by atoms with Crippen LogP contribution >= 0.6 is 0 Å². The minimum atomic E-state index is -0.519. The molecule has 0 saturated heterocycles. The lowest BCUT2D eigenvalue weighted by molar-refractivity contribution is 0.409. The first kappa shape index (κ1) is 11.5. The van der Waals surface area contributed by atoms with Gasteiger partial charge in [0, 0.05) is 12.0 Å². The van der Waals surface area contributed by atoms with E-state index < -0.39 is 5.63 Å². The summed E-state index contributed by atoms with van der Waals surface area (Å²) in [6.07, 6.45) is 0.802. The van der Waals surface area contributed by atoms with Gasteiger partial charge in [0.05, 0.1) is 6.07 Å². The van der Waals surface area contributed by atoms with E-state index in [9.17, 15) is 9.90 Å². The van der Waals surface area contributed by atoms with Gasteiger partial charge in [0.1, 0.15) is 11.5 Å². The van der Waals surface area contributed by atoms with Crippen molar-refractivity contribution in [1.82, 2.24) is 0 Å². The Hall–Kier alpha value is -2.03. The van der Waals surface area contributed by atoms with E-state index in [0.29, 0.717) is 5.76 Å². The molecule has 0 aliphatic rings. The summed E-state index contributed by atoms with van der Waals surface area (Å²) in [6.45, 7) is 2.02. The Kier molecular flexibility index (Phi) is 3.28. The molecule has 0 bridgehead atoms. The predicted octanol–water partition coefficient (Wildman–Crippen LogP) is 2.89. The summed E-state index contributed by atoms with van der Waals surface area (Å²) in [7, 11) is 0. The topological polar surface area (TPSA) is 50.4 Å². The first-order chi connectivity index (χ1) is 8.20. The van der Waals surface area contributed by atoms with Crippen LogP contribution in [0.25, 0.3) is 0 Å². The van der Waals surface area contributed by atoms with Gasteiger partial charge in [0.25, 0.3) is 0 Å². The third-order valence-corrected chi connectivity index (χ3v) is 2.73. The van der Waals surface area contributed by atoms with Crippen molar-refractivity contribution in [3.05, 3.63) is 64.2 Å². The van der Waals surface area contributed by atoms with E-state index in [-0.39, 0.29) is 11.7 Å². The Labute approximate surface area is 99.3 Å². The lowest BCUT2D eigenvalue weighted by atomic mass is 9.94. The molecule has 2 rings (SSSR count). The highest BCUT2D eigenvalue weighted by Gasteiger charge is 2.15. The fraction of sp³-hybridized carbons (Fsp3) is 0.214. The highest BCUT2D eigenvalue weighted by Crippen LogP contribution is 2.28. The van der Waals surface area contributed by atoms with Crippen LogP contribution < -0.4 is 5.63 Å². The van der Waals surface area contributed by atoms with E-state index >= 15 is 0 Å². The van der Waals surface area contributed by atoms with Crippen LogP contribution in [-0.4, -0.2) is 5.11 Å². The number of hydrogen-bond acceptors (Lipinski definition) is 3. The maximum absolute atomic E-state index is 11.2. The third-order valence-electron chi connectivity index (χ3n) is 2.73. The van der Waals surface area contributed by atoms with Crippen molar-refractivity contribution in [2.45, 2.75) is 19.3 Å². The summed E-state index contributed by atoms with van der Waals surface area (Å²) in [4.78, 5) is 11.2. The molecule has 0 aliphatic heterocycles. The summed E-state index contributed by atoms with van der Waals surface area (Å²) in [6, 6.07) is 12.4. The molecule has 17 heavy (non-hydrogen) atoms. The molecule has 2 aromatic rings. The molecule has 1 aromatic heterocycles. The van der Waals surface area contributed by atoms with Gasteiger partial charge in [-0.25, -0.2) is 4.79 Å². The van der Waals surface area contributed by atoms with Crippen LogP contribution in [0.5, 0.6) is 5.75 Å². The zero-order chi connectivity index (χ0) is 12.3. The van der Waals surface area contributed by atoms with Gasteiger partial charge in [0.2, 0.25) is 0 Å². The second-order valence-electron chi connectivity index (χ2n) is 3.91. The molecular weight excluding hydrogens is 216 g/mol. The molecule has 0 aliphatic carbocycles. The number of rotatable bonds is 3. The molecule has 3 heteroatoms. The third kappa shape index (κ3) is 2.56. The quantitative estimate of drug-likeness (QED) is 0.882. The summed E-state index contributed by atoms with van der Waals surface area (Å²) >= 11 is 0. The smallest absolute Gasteiger partial charge is 0.339 e. The zero-order valence-corrected chi connectivity index (χ0v) is 9.59. The molecule has 0 amide bonds. The van der Waals surface area contributed by atoms with Gasteiger partial charge in [-0.05, 0) is 12.0 Å². The van der Waals surface area contributed by atoms with Gasteiger partial charge in [0.15, 0.2) is 0 Å².